The first-order valence-electron chi connectivity index (χ1n) is 5.51. The molecular formula is C15H13N. The van der Waals surface area contributed by atoms with E-state index in [0.717, 1.165) is 0 Å². The summed E-state index contributed by atoms with van der Waals surface area (Å²) in [6.07, 6.45) is 4.18. The van der Waals surface area contributed by atoms with Crippen LogP contribution in [0.3, 0.4) is 0 Å². The van der Waals surface area contributed by atoms with Crippen LogP contribution in [0.2, 0.25) is 0 Å². The minimum Gasteiger partial charge on any atom is -0.354 e. The van der Waals surface area contributed by atoms with Crippen LogP contribution in [0.15, 0.2) is 48.5 Å². The summed E-state index contributed by atoms with van der Waals surface area (Å²) in [6, 6.07) is 14.9. The molecule has 1 aromatic heterocycles. The SMILES string of the molecule is CC=Cc1ccc2c(c1)[nH]c1ccccc12. The molecule has 0 atom stereocenters. The Kier molecular flexibility index (Phi) is 2.03. The van der Waals surface area contributed by atoms with E-state index in [-0.39, 0.29) is 0 Å². The molecule has 0 aliphatic heterocycles. The van der Waals surface area contributed by atoms with Gasteiger partial charge in [0.25, 0.3) is 0 Å². The van der Waals surface area contributed by atoms with Crippen molar-refractivity contribution in [1.82, 2.24) is 4.98 Å². The molecule has 0 amide bonds. The molecule has 0 saturated heterocycles. The van der Waals surface area contributed by atoms with Crippen molar-refractivity contribution in [3.8, 4) is 0 Å². The first-order chi connectivity index (χ1) is 7.88. The summed E-state index contributed by atoms with van der Waals surface area (Å²) in [5.74, 6) is 0. The Bertz CT molecular complexity index is 674. The van der Waals surface area contributed by atoms with Gasteiger partial charge < -0.3 is 4.98 Å². The molecule has 2 aromatic carbocycles. The van der Waals surface area contributed by atoms with Gasteiger partial charge in [-0.2, -0.15) is 0 Å². The number of aromatic amines is 1. The largest absolute Gasteiger partial charge is 0.354 e. The van der Waals surface area contributed by atoms with E-state index in [1.165, 1.54) is 27.4 Å². The summed E-state index contributed by atoms with van der Waals surface area (Å²) in [7, 11) is 0. The lowest BCUT2D eigenvalue weighted by Crippen LogP contribution is -1.72. The Labute approximate surface area is 94.4 Å². The highest BCUT2D eigenvalue weighted by Crippen LogP contribution is 2.25. The summed E-state index contributed by atoms with van der Waals surface area (Å²) in [5, 5.41) is 2.59. The maximum Gasteiger partial charge on any atom is 0.0470 e. The summed E-state index contributed by atoms with van der Waals surface area (Å²) in [5.41, 5.74) is 3.65. The highest BCUT2D eigenvalue weighted by molar-refractivity contribution is 6.07. The normalized spacial score (nSPS) is 11.8. The van der Waals surface area contributed by atoms with Gasteiger partial charge in [0.15, 0.2) is 0 Å². The molecule has 1 heterocycles. The number of hydrogen-bond donors (Lipinski definition) is 1. The van der Waals surface area contributed by atoms with Crippen molar-refractivity contribution in [2.45, 2.75) is 6.92 Å². The maximum absolute atomic E-state index is 3.44. The smallest absolute Gasteiger partial charge is 0.0470 e. The summed E-state index contributed by atoms with van der Waals surface area (Å²) < 4.78 is 0. The van der Waals surface area contributed by atoms with Crippen molar-refractivity contribution in [1.29, 1.82) is 0 Å². The number of aromatic nitrogens is 1. The van der Waals surface area contributed by atoms with E-state index in [2.05, 4.69) is 59.6 Å². The highest BCUT2D eigenvalue weighted by atomic mass is 14.7. The van der Waals surface area contributed by atoms with Crippen LogP contribution in [-0.4, -0.2) is 4.98 Å². The number of para-hydroxylation sites is 1. The van der Waals surface area contributed by atoms with E-state index in [9.17, 15) is 0 Å². The van der Waals surface area contributed by atoms with Gasteiger partial charge in [-0.15, -0.1) is 0 Å². The molecule has 78 valence electrons. The molecule has 0 spiro atoms. The van der Waals surface area contributed by atoms with Crippen LogP contribution in [0.25, 0.3) is 27.9 Å². The fraction of sp³-hybridized carbons (Fsp3) is 0.0667. The minimum atomic E-state index is 1.20. The Morgan fingerprint density at radius 1 is 0.938 bits per heavy atom. The average molecular weight is 207 g/mol. The number of fused-ring (bicyclic) bond motifs is 3. The summed E-state index contributed by atoms with van der Waals surface area (Å²) >= 11 is 0. The van der Waals surface area contributed by atoms with Crippen LogP contribution < -0.4 is 0 Å². The number of rotatable bonds is 1. The second kappa shape index (κ2) is 3.53. The molecule has 1 N–H and O–H groups in total. The quantitative estimate of drug-likeness (QED) is 0.610. The maximum atomic E-state index is 3.44. The van der Waals surface area contributed by atoms with Crippen LogP contribution in [0.1, 0.15) is 12.5 Å². The monoisotopic (exact) mass is 207 g/mol. The zero-order valence-electron chi connectivity index (χ0n) is 9.20. The second-order valence-corrected chi connectivity index (χ2v) is 3.98. The van der Waals surface area contributed by atoms with E-state index >= 15 is 0 Å². The van der Waals surface area contributed by atoms with E-state index in [1.54, 1.807) is 0 Å². The van der Waals surface area contributed by atoms with Crippen LogP contribution in [0.5, 0.6) is 0 Å². The number of nitrogens with one attached hydrogen (secondary N) is 1. The Balaban J connectivity index is 2.36. The molecule has 1 nitrogen and oxygen atoms in total. The zero-order valence-corrected chi connectivity index (χ0v) is 9.20. The van der Waals surface area contributed by atoms with Gasteiger partial charge >= 0.3 is 0 Å². The molecule has 0 fully saturated rings. The number of hydrogen-bond acceptors (Lipinski definition) is 0. The van der Waals surface area contributed by atoms with Crippen LogP contribution in [-0.2, 0) is 0 Å². The average Bonchev–Trinajstić information content (AvgIpc) is 2.67. The van der Waals surface area contributed by atoms with Gasteiger partial charge in [-0.25, -0.2) is 0 Å². The molecule has 0 aliphatic carbocycles. The molecule has 3 rings (SSSR count). The van der Waals surface area contributed by atoms with Crippen molar-refractivity contribution >= 4 is 27.9 Å². The second-order valence-electron chi connectivity index (χ2n) is 3.98. The first-order valence-corrected chi connectivity index (χ1v) is 5.51. The van der Waals surface area contributed by atoms with Crippen molar-refractivity contribution in [3.63, 3.8) is 0 Å². The number of allylic oxidation sites excluding steroid dienone is 1. The van der Waals surface area contributed by atoms with E-state index in [4.69, 9.17) is 0 Å². The van der Waals surface area contributed by atoms with Crippen LogP contribution in [0, 0.1) is 0 Å². The predicted molar refractivity (Wildman–Crippen MR) is 70.5 cm³/mol. The standard InChI is InChI=1S/C15H13N/c1-2-5-11-8-9-13-12-6-3-4-7-14(12)16-15(13)10-11/h2-10,16H,1H3. The van der Waals surface area contributed by atoms with Gasteiger partial charge in [0.2, 0.25) is 0 Å². The van der Waals surface area contributed by atoms with Crippen LogP contribution in [0.4, 0.5) is 0 Å². The van der Waals surface area contributed by atoms with Crippen LogP contribution >= 0.6 is 0 Å². The number of H-pyrrole nitrogens is 1. The lowest BCUT2D eigenvalue weighted by Gasteiger charge is -1.94. The van der Waals surface area contributed by atoms with Crippen molar-refractivity contribution < 1.29 is 0 Å². The Hall–Kier alpha value is -2.02. The van der Waals surface area contributed by atoms with Gasteiger partial charge in [-0.05, 0) is 24.6 Å². The fourth-order valence-electron chi connectivity index (χ4n) is 2.17. The van der Waals surface area contributed by atoms with E-state index < -0.39 is 0 Å². The molecule has 16 heavy (non-hydrogen) atoms. The van der Waals surface area contributed by atoms with Gasteiger partial charge in [-0.1, -0.05) is 42.5 Å². The van der Waals surface area contributed by atoms with Crippen molar-refractivity contribution in [2.75, 3.05) is 0 Å². The van der Waals surface area contributed by atoms with Gasteiger partial charge in [-0.3, -0.25) is 0 Å². The summed E-state index contributed by atoms with van der Waals surface area (Å²) in [4.78, 5) is 3.44. The number of benzene rings is 2. The molecule has 1 heteroatoms. The van der Waals surface area contributed by atoms with Crippen molar-refractivity contribution in [2.24, 2.45) is 0 Å². The first kappa shape index (κ1) is 9.22. The molecule has 0 saturated carbocycles. The Morgan fingerprint density at radius 3 is 2.62 bits per heavy atom. The minimum absolute atomic E-state index is 1.20. The zero-order chi connectivity index (χ0) is 11.0. The van der Waals surface area contributed by atoms with Crippen molar-refractivity contribution in [3.05, 3.63) is 54.1 Å². The van der Waals surface area contributed by atoms with E-state index in [1.807, 2.05) is 6.92 Å². The van der Waals surface area contributed by atoms with E-state index in [0.29, 0.717) is 0 Å². The third kappa shape index (κ3) is 1.33. The molecule has 0 bridgehead atoms. The Morgan fingerprint density at radius 2 is 1.75 bits per heavy atom. The summed E-state index contributed by atoms with van der Waals surface area (Å²) in [6.45, 7) is 2.04. The highest BCUT2D eigenvalue weighted by Gasteiger charge is 2.02. The predicted octanol–water partition coefficient (Wildman–Crippen LogP) is 4.35. The van der Waals surface area contributed by atoms with Gasteiger partial charge in [0.05, 0.1) is 0 Å². The molecule has 0 radical (unpaired) electrons. The molecule has 0 unspecified atom stereocenters. The fourth-order valence-corrected chi connectivity index (χ4v) is 2.17. The molecule has 0 aliphatic rings. The van der Waals surface area contributed by atoms with Gasteiger partial charge in [0.1, 0.15) is 0 Å². The lowest BCUT2D eigenvalue weighted by atomic mass is 10.1. The molecule has 3 aromatic rings. The lowest BCUT2D eigenvalue weighted by molar-refractivity contribution is 1.54. The third-order valence-electron chi connectivity index (χ3n) is 2.89. The topological polar surface area (TPSA) is 15.8 Å². The molecular weight excluding hydrogens is 194 g/mol. The third-order valence-corrected chi connectivity index (χ3v) is 2.89. The van der Waals surface area contributed by atoms with Gasteiger partial charge in [0, 0.05) is 21.8 Å².